The molecule has 0 saturated carbocycles. The lowest BCUT2D eigenvalue weighted by molar-refractivity contribution is -0.153. The minimum absolute atomic E-state index is 0.0118. The molecule has 9 nitrogen and oxygen atoms in total. The molecular formula is C39H41BBrF3N2O7S. The van der Waals surface area contributed by atoms with Crippen molar-refractivity contribution in [3.05, 3.63) is 124 Å². The predicted octanol–water partition coefficient (Wildman–Crippen LogP) is 8.05. The molecule has 0 radical (unpaired) electrons. The Kier molecular flexibility index (Phi) is 12.5. The Morgan fingerprint density at radius 1 is 0.907 bits per heavy atom. The van der Waals surface area contributed by atoms with Crippen LogP contribution in [0.1, 0.15) is 55.9 Å². The monoisotopic (exact) mass is 828 g/mol. The molecule has 5 aromatic rings. The fourth-order valence-electron chi connectivity index (χ4n) is 5.76. The smallest absolute Gasteiger partial charge is 0.468 e. The minimum atomic E-state index is -4.52. The first kappa shape index (κ1) is 41.2. The van der Waals surface area contributed by atoms with Gasteiger partial charge in [0.15, 0.2) is 15.6 Å². The molecule has 286 valence electrons. The number of rotatable bonds is 10. The van der Waals surface area contributed by atoms with E-state index < -0.39 is 51.8 Å². The van der Waals surface area contributed by atoms with Gasteiger partial charge in [0.2, 0.25) is 5.76 Å². The lowest BCUT2D eigenvalue weighted by atomic mass is 9.79. The van der Waals surface area contributed by atoms with Gasteiger partial charge in [-0.25, -0.2) is 8.42 Å². The molecule has 0 atom stereocenters. The first-order valence-corrected chi connectivity index (χ1v) is 19.4. The first-order valence-electron chi connectivity index (χ1n) is 17.0. The van der Waals surface area contributed by atoms with Crippen LogP contribution in [0.3, 0.4) is 0 Å². The zero-order valence-corrected chi connectivity index (χ0v) is 33.1. The maximum Gasteiger partial charge on any atom is 0.494 e. The summed E-state index contributed by atoms with van der Waals surface area (Å²) in [6.07, 6.45) is -1.88. The van der Waals surface area contributed by atoms with Gasteiger partial charge in [0.1, 0.15) is 5.76 Å². The topological polar surface area (TPSA) is 108 Å². The van der Waals surface area contributed by atoms with Crippen LogP contribution in [-0.2, 0) is 54.5 Å². The lowest BCUT2D eigenvalue weighted by Gasteiger charge is -2.32. The summed E-state index contributed by atoms with van der Waals surface area (Å²) in [6, 6.07) is 24.2. The number of carbonyl (C=O) groups is 1. The number of nitrogens with zero attached hydrogens (tertiary/aromatic N) is 2. The number of alkyl halides is 3. The maximum atomic E-state index is 13.2. The molecule has 3 aromatic carbocycles. The van der Waals surface area contributed by atoms with Gasteiger partial charge in [0.05, 0.1) is 29.8 Å². The van der Waals surface area contributed by atoms with Gasteiger partial charge in [-0.05, 0) is 102 Å². The van der Waals surface area contributed by atoms with Crippen LogP contribution in [0.25, 0.3) is 10.8 Å². The van der Waals surface area contributed by atoms with Gasteiger partial charge in [0, 0.05) is 30.0 Å². The Morgan fingerprint density at radius 3 is 2.19 bits per heavy atom. The second-order valence-electron chi connectivity index (χ2n) is 14.0. The summed E-state index contributed by atoms with van der Waals surface area (Å²) in [7, 11) is -2.98. The number of sulfone groups is 1. The summed E-state index contributed by atoms with van der Waals surface area (Å²) in [5.74, 6) is -2.18. The number of hydrogen-bond donors (Lipinski definition) is 0. The fraction of sp³-hybridized carbons (Fsp3) is 0.333. The Balaban J connectivity index is 0.000000314. The van der Waals surface area contributed by atoms with Crippen LogP contribution in [-0.4, -0.2) is 55.5 Å². The largest absolute Gasteiger partial charge is 0.494 e. The van der Waals surface area contributed by atoms with Gasteiger partial charge in [-0.15, -0.1) is 0 Å². The SMILES string of the molecule is COC(=O)CS(=O)(=O)c1cncc(Br)c1.Cc1ccc2ccccc2c1CN(Cc1ccc(B2OC(C)(C)C(C)(C)O2)cc1)Cc1ccc(C(F)(F)F)o1. The van der Waals surface area contributed by atoms with Gasteiger partial charge in [0.25, 0.3) is 0 Å². The van der Waals surface area contributed by atoms with E-state index in [1.165, 1.54) is 24.5 Å². The molecule has 1 saturated heterocycles. The van der Waals surface area contributed by atoms with Crippen LogP contribution in [0.2, 0.25) is 0 Å². The van der Waals surface area contributed by atoms with Crippen LogP contribution in [0.15, 0.2) is 105 Å². The number of aromatic nitrogens is 1. The molecule has 0 amide bonds. The summed E-state index contributed by atoms with van der Waals surface area (Å²) in [5.41, 5.74) is 3.36. The van der Waals surface area contributed by atoms with Crippen molar-refractivity contribution in [3.63, 3.8) is 0 Å². The van der Waals surface area contributed by atoms with E-state index >= 15 is 0 Å². The highest BCUT2D eigenvalue weighted by atomic mass is 79.9. The Morgan fingerprint density at radius 2 is 1.57 bits per heavy atom. The number of carbonyl (C=O) groups excluding carboxylic acids is 1. The van der Waals surface area contributed by atoms with Crippen LogP contribution < -0.4 is 5.46 Å². The standard InChI is InChI=1S/C31H33BF3NO3.C8H8BrNO4S/c1-21-10-13-23-8-6-7-9-26(23)27(21)20-36(19-25-16-17-28(37-25)31(33,34)35)18-22-11-14-24(15-12-22)32-38-29(2,3)30(4,5)39-32;1-14-8(11)5-15(12,13)7-2-6(9)3-10-4-7/h6-17H,18-20H2,1-5H3;2-4H,5H2,1H3. The second kappa shape index (κ2) is 16.4. The van der Waals surface area contributed by atoms with E-state index in [9.17, 15) is 26.4 Å². The van der Waals surface area contributed by atoms with Gasteiger partial charge >= 0.3 is 19.3 Å². The summed E-state index contributed by atoms with van der Waals surface area (Å²) >= 11 is 3.09. The maximum absolute atomic E-state index is 13.2. The van der Waals surface area contributed by atoms with Gasteiger partial charge in [-0.1, -0.05) is 60.7 Å². The van der Waals surface area contributed by atoms with Crippen LogP contribution >= 0.6 is 15.9 Å². The predicted molar refractivity (Wildman–Crippen MR) is 204 cm³/mol. The van der Waals surface area contributed by atoms with Crippen LogP contribution in [0.5, 0.6) is 0 Å². The lowest BCUT2D eigenvalue weighted by Crippen LogP contribution is -2.41. The summed E-state index contributed by atoms with van der Waals surface area (Å²) < 4.78 is 85.1. The van der Waals surface area contributed by atoms with Crippen molar-refractivity contribution in [2.24, 2.45) is 0 Å². The molecule has 0 bridgehead atoms. The Labute approximate surface area is 322 Å². The average Bonchev–Trinajstić information content (AvgIpc) is 3.67. The summed E-state index contributed by atoms with van der Waals surface area (Å²) in [4.78, 5) is 16.7. The third-order valence-corrected chi connectivity index (χ3v) is 11.5. The zero-order valence-electron chi connectivity index (χ0n) is 30.7. The molecular weight excluding hydrogens is 788 g/mol. The molecule has 3 heterocycles. The molecule has 1 aliphatic heterocycles. The molecule has 15 heteroatoms. The fourth-order valence-corrected chi connectivity index (χ4v) is 7.40. The summed E-state index contributed by atoms with van der Waals surface area (Å²) in [6.45, 7) is 11.5. The number of hydrogen-bond acceptors (Lipinski definition) is 9. The zero-order chi connectivity index (χ0) is 39.5. The number of methoxy groups -OCH3 is 1. The molecule has 2 aromatic heterocycles. The third kappa shape index (κ3) is 9.99. The number of aryl methyl sites for hydroxylation is 1. The third-order valence-electron chi connectivity index (χ3n) is 9.46. The molecule has 0 unspecified atom stereocenters. The van der Waals surface area contributed by atoms with Crippen molar-refractivity contribution >= 4 is 55.1 Å². The van der Waals surface area contributed by atoms with Crippen molar-refractivity contribution in [1.82, 2.24) is 9.88 Å². The highest BCUT2D eigenvalue weighted by Gasteiger charge is 2.51. The Bertz CT molecular complexity index is 2190. The van der Waals surface area contributed by atoms with E-state index in [1.807, 2.05) is 64.1 Å². The number of furan rings is 1. The van der Waals surface area contributed by atoms with Crippen molar-refractivity contribution in [2.45, 2.75) is 76.5 Å². The molecule has 54 heavy (non-hydrogen) atoms. The van der Waals surface area contributed by atoms with Crippen molar-refractivity contribution in [2.75, 3.05) is 12.9 Å². The van der Waals surface area contributed by atoms with Crippen LogP contribution in [0, 0.1) is 6.92 Å². The number of esters is 1. The van der Waals surface area contributed by atoms with Crippen LogP contribution in [0.4, 0.5) is 13.2 Å². The average molecular weight is 830 g/mol. The molecule has 0 aliphatic carbocycles. The molecule has 0 N–H and O–H groups in total. The van der Waals surface area contributed by atoms with Gasteiger partial charge in [-0.2, -0.15) is 13.2 Å². The van der Waals surface area contributed by atoms with E-state index in [2.05, 4.69) is 61.7 Å². The van der Waals surface area contributed by atoms with E-state index in [0.717, 1.165) is 46.1 Å². The summed E-state index contributed by atoms with van der Waals surface area (Å²) in [5, 5.41) is 2.26. The number of ether oxygens (including phenoxy) is 1. The van der Waals surface area contributed by atoms with Crippen molar-refractivity contribution in [1.29, 1.82) is 0 Å². The van der Waals surface area contributed by atoms with E-state index in [0.29, 0.717) is 17.6 Å². The molecule has 6 rings (SSSR count). The van der Waals surface area contributed by atoms with E-state index in [1.54, 1.807) is 0 Å². The number of halogens is 4. The minimum Gasteiger partial charge on any atom is -0.468 e. The van der Waals surface area contributed by atoms with Crippen molar-refractivity contribution in [3.8, 4) is 0 Å². The highest BCUT2D eigenvalue weighted by Crippen LogP contribution is 2.37. The van der Waals surface area contributed by atoms with E-state index in [4.69, 9.17) is 13.7 Å². The second-order valence-corrected chi connectivity index (χ2v) is 16.9. The first-order chi connectivity index (χ1) is 25.3. The highest BCUT2D eigenvalue weighted by molar-refractivity contribution is 9.10. The quantitative estimate of drug-likeness (QED) is 0.102. The van der Waals surface area contributed by atoms with Gasteiger partial charge < -0.3 is 18.5 Å². The number of fused-ring (bicyclic) bond motifs is 1. The molecule has 1 fully saturated rings. The van der Waals surface area contributed by atoms with Gasteiger partial charge in [-0.3, -0.25) is 14.7 Å². The molecule has 0 spiro atoms. The van der Waals surface area contributed by atoms with Crippen molar-refractivity contribution < 1.29 is 44.8 Å². The Hall–Kier alpha value is -4.02. The number of benzene rings is 3. The normalized spacial score (nSPS) is 15.3. The number of pyridine rings is 1. The molecule has 1 aliphatic rings. The van der Waals surface area contributed by atoms with E-state index in [-0.39, 0.29) is 17.2 Å².